The number of carbonyl (C=O) groups excluding carboxylic acids is 1. The molecular formula is C19H19FN4O. The Morgan fingerprint density at radius 1 is 1.16 bits per heavy atom. The summed E-state index contributed by atoms with van der Waals surface area (Å²) in [5.41, 5.74) is 3.64. The van der Waals surface area contributed by atoms with Crippen molar-refractivity contribution in [3.05, 3.63) is 71.3 Å². The van der Waals surface area contributed by atoms with E-state index in [1.54, 1.807) is 12.1 Å². The number of para-hydroxylation sites is 1. The van der Waals surface area contributed by atoms with Crippen LogP contribution < -0.4 is 5.32 Å². The van der Waals surface area contributed by atoms with Gasteiger partial charge in [-0.2, -0.15) is 9.90 Å². The Labute approximate surface area is 145 Å². The van der Waals surface area contributed by atoms with E-state index in [1.165, 1.54) is 23.1 Å². The first-order valence-electron chi connectivity index (χ1n) is 8.05. The van der Waals surface area contributed by atoms with Gasteiger partial charge in [-0.3, -0.25) is 4.79 Å². The van der Waals surface area contributed by atoms with E-state index in [1.807, 2.05) is 25.1 Å². The summed E-state index contributed by atoms with van der Waals surface area (Å²) in [6.07, 6.45) is 1.39. The maximum Gasteiger partial charge on any atom is 0.277 e. The number of anilines is 1. The fourth-order valence-electron chi connectivity index (χ4n) is 2.59. The SMILES string of the molecule is Cc1cccc(C(C)C)c1NC(=O)c1cnn(-c2ccc(F)cc2)n1. The van der Waals surface area contributed by atoms with E-state index in [0.717, 1.165) is 16.8 Å². The van der Waals surface area contributed by atoms with E-state index in [2.05, 4.69) is 29.4 Å². The van der Waals surface area contributed by atoms with Crippen molar-refractivity contribution < 1.29 is 9.18 Å². The van der Waals surface area contributed by atoms with Crippen molar-refractivity contribution in [3.63, 3.8) is 0 Å². The smallest absolute Gasteiger partial charge is 0.277 e. The fourth-order valence-corrected chi connectivity index (χ4v) is 2.59. The number of halogens is 1. The molecule has 128 valence electrons. The molecule has 0 atom stereocenters. The maximum atomic E-state index is 13.0. The number of aryl methyl sites for hydroxylation is 1. The number of rotatable bonds is 4. The van der Waals surface area contributed by atoms with Crippen LogP contribution in [0, 0.1) is 12.7 Å². The highest BCUT2D eigenvalue weighted by Gasteiger charge is 2.16. The van der Waals surface area contributed by atoms with Gasteiger partial charge >= 0.3 is 0 Å². The minimum atomic E-state index is -0.338. The van der Waals surface area contributed by atoms with Crippen LogP contribution in [0.1, 0.15) is 41.4 Å². The van der Waals surface area contributed by atoms with Gasteiger partial charge in [0.2, 0.25) is 0 Å². The number of benzene rings is 2. The molecule has 6 heteroatoms. The van der Waals surface area contributed by atoms with Gasteiger partial charge in [0.05, 0.1) is 11.9 Å². The normalized spacial score (nSPS) is 10.9. The van der Waals surface area contributed by atoms with E-state index in [-0.39, 0.29) is 23.3 Å². The van der Waals surface area contributed by atoms with Gasteiger partial charge in [0.15, 0.2) is 5.69 Å². The van der Waals surface area contributed by atoms with Crippen LogP contribution in [0.4, 0.5) is 10.1 Å². The lowest BCUT2D eigenvalue weighted by Gasteiger charge is -2.15. The molecule has 3 rings (SSSR count). The van der Waals surface area contributed by atoms with E-state index < -0.39 is 0 Å². The molecule has 3 aromatic rings. The monoisotopic (exact) mass is 338 g/mol. The van der Waals surface area contributed by atoms with Gasteiger partial charge in [0.25, 0.3) is 5.91 Å². The molecule has 0 saturated heterocycles. The molecule has 1 aromatic heterocycles. The summed E-state index contributed by atoms with van der Waals surface area (Å²) < 4.78 is 13.0. The molecule has 1 heterocycles. The summed E-state index contributed by atoms with van der Waals surface area (Å²) in [5, 5.41) is 11.2. The summed E-state index contributed by atoms with van der Waals surface area (Å²) >= 11 is 0. The van der Waals surface area contributed by atoms with Gasteiger partial charge in [0.1, 0.15) is 5.82 Å². The van der Waals surface area contributed by atoms with Gasteiger partial charge in [-0.25, -0.2) is 4.39 Å². The van der Waals surface area contributed by atoms with E-state index in [9.17, 15) is 9.18 Å². The quantitative estimate of drug-likeness (QED) is 0.779. The molecule has 2 aromatic carbocycles. The number of nitrogens with zero attached hydrogens (tertiary/aromatic N) is 3. The third-order valence-electron chi connectivity index (χ3n) is 3.95. The highest BCUT2D eigenvalue weighted by molar-refractivity contribution is 6.03. The first kappa shape index (κ1) is 16.8. The van der Waals surface area contributed by atoms with Crippen LogP contribution in [0.25, 0.3) is 5.69 Å². The van der Waals surface area contributed by atoms with Gasteiger partial charge in [-0.15, -0.1) is 5.10 Å². The Morgan fingerprint density at radius 2 is 1.88 bits per heavy atom. The van der Waals surface area contributed by atoms with E-state index >= 15 is 0 Å². The molecule has 0 saturated carbocycles. The molecule has 0 unspecified atom stereocenters. The zero-order valence-electron chi connectivity index (χ0n) is 14.3. The van der Waals surface area contributed by atoms with Crippen LogP contribution in [0.5, 0.6) is 0 Å². The second-order valence-electron chi connectivity index (χ2n) is 6.14. The lowest BCUT2D eigenvalue weighted by atomic mass is 9.98. The Hall–Kier alpha value is -3.02. The number of amides is 1. The van der Waals surface area contributed by atoms with Gasteiger partial charge in [-0.05, 0) is 48.2 Å². The van der Waals surface area contributed by atoms with E-state index in [0.29, 0.717) is 5.69 Å². The molecule has 0 aliphatic rings. The van der Waals surface area contributed by atoms with Crippen LogP contribution in [-0.4, -0.2) is 20.9 Å². The largest absolute Gasteiger partial charge is 0.320 e. The average molecular weight is 338 g/mol. The van der Waals surface area contributed by atoms with Crippen molar-refractivity contribution >= 4 is 11.6 Å². The zero-order valence-corrected chi connectivity index (χ0v) is 14.3. The van der Waals surface area contributed by atoms with Crippen LogP contribution in [0.15, 0.2) is 48.7 Å². The molecule has 5 nitrogen and oxygen atoms in total. The summed E-state index contributed by atoms with van der Waals surface area (Å²) in [7, 11) is 0. The summed E-state index contributed by atoms with van der Waals surface area (Å²) in [4.78, 5) is 13.9. The third kappa shape index (κ3) is 3.57. The molecule has 0 spiro atoms. The van der Waals surface area contributed by atoms with Crippen LogP contribution >= 0.6 is 0 Å². The predicted molar refractivity (Wildman–Crippen MR) is 94.5 cm³/mol. The minimum Gasteiger partial charge on any atom is -0.320 e. The highest BCUT2D eigenvalue weighted by Crippen LogP contribution is 2.27. The number of carbonyl (C=O) groups is 1. The van der Waals surface area contributed by atoms with Gasteiger partial charge in [0, 0.05) is 5.69 Å². The average Bonchev–Trinajstić information content (AvgIpc) is 3.07. The van der Waals surface area contributed by atoms with Crippen molar-refractivity contribution in [1.82, 2.24) is 15.0 Å². The molecule has 0 aliphatic carbocycles. The number of hydrogen-bond donors (Lipinski definition) is 1. The zero-order chi connectivity index (χ0) is 18.0. The van der Waals surface area contributed by atoms with Gasteiger partial charge in [-0.1, -0.05) is 32.0 Å². The molecule has 1 N–H and O–H groups in total. The van der Waals surface area contributed by atoms with Crippen molar-refractivity contribution in [2.75, 3.05) is 5.32 Å². The van der Waals surface area contributed by atoms with E-state index in [4.69, 9.17) is 0 Å². The van der Waals surface area contributed by atoms with Crippen LogP contribution in [0.3, 0.4) is 0 Å². The fraction of sp³-hybridized carbons (Fsp3) is 0.211. The second-order valence-corrected chi connectivity index (χ2v) is 6.14. The van der Waals surface area contributed by atoms with Crippen molar-refractivity contribution in [2.45, 2.75) is 26.7 Å². The number of nitrogens with one attached hydrogen (secondary N) is 1. The standard InChI is InChI=1S/C19H19FN4O/c1-12(2)16-6-4-5-13(3)18(16)22-19(25)17-11-21-24(23-17)15-9-7-14(20)8-10-15/h4-12H,1-3H3,(H,22,25). The molecule has 0 fully saturated rings. The first-order valence-corrected chi connectivity index (χ1v) is 8.05. The minimum absolute atomic E-state index is 0.197. The first-order chi connectivity index (χ1) is 12.0. The van der Waals surface area contributed by atoms with Crippen molar-refractivity contribution in [3.8, 4) is 5.69 Å². The molecular weight excluding hydrogens is 319 g/mol. The van der Waals surface area contributed by atoms with Crippen LogP contribution in [0.2, 0.25) is 0 Å². The second kappa shape index (κ2) is 6.84. The summed E-state index contributed by atoms with van der Waals surface area (Å²) in [6.45, 7) is 6.11. The maximum absolute atomic E-state index is 13.0. The van der Waals surface area contributed by atoms with Crippen molar-refractivity contribution in [1.29, 1.82) is 0 Å². The Morgan fingerprint density at radius 3 is 2.56 bits per heavy atom. The molecule has 1 amide bonds. The molecule has 0 radical (unpaired) electrons. The Balaban J connectivity index is 1.85. The van der Waals surface area contributed by atoms with Crippen LogP contribution in [-0.2, 0) is 0 Å². The lowest BCUT2D eigenvalue weighted by molar-refractivity contribution is 0.102. The summed E-state index contributed by atoms with van der Waals surface area (Å²) in [5.74, 6) is -0.385. The lowest BCUT2D eigenvalue weighted by Crippen LogP contribution is -2.15. The molecule has 0 bridgehead atoms. The Bertz CT molecular complexity index is 900. The molecule has 25 heavy (non-hydrogen) atoms. The Kier molecular flexibility index (Phi) is 4.61. The highest BCUT2D eigenvalue weighted by atomic mass is 19.1. The summed E-state index contributed by atoms with van der Waals surface area (Å²) in [6, 6.07) is 11.7. The van der Waals surface area contributed by atoms with Crippen molar-refractivity contribution in [2.24, 2.45) is 0 Å². The third-order valence-corrected chi connectivity index (χ3v) is 3.95. The molecule has 0 aliphatic heterocycles. The topological polar surface area (TPSA) is 59.8 Å². The number of hydrogen-bond acceptors (Lipinski definition) is 3. The van der Waals surface area contributed by atoms with Gasteiger partial charge < -0.3 is 5.32 Å². The number of aromatic nitrogens is 3. The predicted octanol–water partition coefficient (Wildman–Crippen LogP) is 4.09.